The zero-order valence-corrected chi connectivity index (χ0v) is 13.2. The van der Waals surface area contributed by atoms with Crippen molar-refractivity contribution < 1.29 is 31.4 Å². The van der Waals surface area contributed by atoms with Gasteiger partial charge in [0.1, 0.15) is 0 Å². The van der Waals surface area contributed by atoms with Crippen molar-refractivity contribution in [2.24, 2.45) is 5.92 Å². The number of rotatable bonds is 5. The first-order valence-electron chi connectivity index (χ1n) is 7.43. The van der Waals surface area contributed by atoms with Gasteiger partial charge in [-0.15, -0.1) is 11.8 Å². The lowest BCUT2D eigenvalue weighted by Gasteiger charge is -2.36. The van der Waals surface area contributed by atoms with E-state index in [1.165, 1.54) is 0 Å². The molecule has 1 atom stereocenters. The third-order valence-electron chi connectivity index (χ3n) is 4.29. The molecule has 0 aromatic rings. The first-order chi connectivity index (χ1) is 10.7. The van der Waals surface area contributed by atoms with E-state index in [9.17, 15) is 27.2 Å². The Morgan fingerprint density at radius 2 is 1.70 bits per heavy atom. The van der Waals surface area contributed by atoms with Crippen LogP contribution in [0.4, 0.5) is 22.0 Å². The molecule has 1 spiro atoms. The van der Waals surface area contributed by atoms with E-state index in [4.69, 9.17) is 9.47 Å². The van der Waals surface area contributed by atoms with Crippen molar-refractivity contribution >= 4 is 11.8 Å². The second kappa shape index (κ2) is 7.11. The van der Waals surface area contributed by atoms with Crippen molar-refractivity contribution in [1.82, 2.24) is 0 Å². The predicted octanol–water partition coefficient (Wildman–Crippen LogP) is 4.13. The van der Waals surface area contributed by atoms with Gasteiger partial charge in [-0.05, 0) is 18.8 Å². The van der Waals surface area contributed by atoms with Gasteiger partial charge >= 0.3 is 12.1 Å². The minimum absolute atomic E-state index is 0.0389. The predicted molar refractivity (Wildman–Crippen MR) is 74.1 cm³/mol. The summed E-state index contributed by atoms with van der Waals surface area (Å²) in [6, 6.07) is 2.03. The van der Waals surface area contributed by atoms with Crippen LogP contribution in [0.3, 0.4) is 0 Å². The summed E-state index contributed by atoms with van der Waals surface area (Å²) in [5, 5.41) is 8.60. The Balaban J connectivity index is 1.79. The second-order valence-corrected chi connectivity index (χ2v) is 7.07. The molecule has 1 aliphatic carbocycles. The Labute approximate surface area is 135 Å². The minimum atomic E-state index is -5.54. The molecule has 132 valence electrons. The quantitative estimate of drug-likeness (QED) is 0.692. The molecule has 2 aliphatic rings. The number of alkyl halides is 5. The summed E-state index contributed by atoms with van der Waals surface area (Å²) in [5.74, 6) is -5.73. The third kappa shape index (κ3) is 4.48. The van der Waals surface area contributed by atoms with E-state index >= 15 is 0 Å². The van der Waals surface area contributed by atoms with Gasteiger partial charge in [0.2, 0.25) is 0 Å². The zero-order chi connectivity index (χ0) is 17.1. The zero-order valence-electron chi connectivity index (χ0n) is 12.4. The maximum Gasteiger partial charge on any atom is 0.453 e. The lowest BCUT2D eigenvalue weighted by Crippen LogP contribution is -2.38. The van der Waals surface area contributed by atoms with Gasteiger partial charge in [-0.1, -0.05) is 0 Å². The van der Waals surface area contributed by atoms with Crippen LogP contribution in [-0.4, -0.2) is 42.1 Å². The topological polar surface area (TPSA) is 42.2 Å². The molecule has 0 N–H and O–H groups in total. The van der Waals surface area contributed by atoms with E-state index in [0.717, 1.165) is 11.8 Å². The van der Waals surface area contributed by atoms with Crippen molar-refractivity contribution in [3.63, 3.8) is 0 Å². The summed E-state index contributed by atoms with van der Waals surface area (Å²) < 4.78 is 73.2. The Kier molecular flexibility index (Phi) is 5.80. The summed E-state index contributed by atoms with van der Waals surface area (Å²) >= 11 is 0.879. The van der Waals surface area contributed by atoms with Gasteiger partial charge in [-0.3, -0.25) is 0 Å². The Morgan fingerprint density at radius 1 is 1.13 bits per heavy atom. The highest BCUT2D eigenvalue weighted by Crippen LogP contribution is 2.43. The van der Waals surface area contributed by atoms with Crippen molar-refractivity contribution in [2.45, 2.75) is 55.2 Å². The van der Waals surface area contributed by atoms with E-state index in [2.05, 4.69) is 0 Å². The maximum atomic E-state index is 12.9. The molecule has 1 saturated carbocycles. The smallest absolute Gasteiger partial charge is 0.348 e. The molecule has 3 nitrogen and oxygen atoms in total. The number of nitrogens with zero attached hydrogens (tertiary/aromatic N) is 1. The molecule has 1 aliphatic heterocycles. The number of thioether (sulfide) groups is 1. The number of halogens is 5. The van der Waals surface area contributed by atoms with Crippen LogP contribution in [0.5, 0.6) is 0 Å². The normalized spacial score (nSPS) is 23.8. The van der Waals surface area contributed by atoms with Gasteiger partial charge < -0.3 is 9.47 Å². The van der Waals surface area contributed by atoms with Crippen molar-refractivity contribution in [3.05, 3.63) is 0 Å². The van der Waals surface area contributed by atoms with Crippen LogP contribution in [0, 0.1) is 17.2 Å². The van der Waals surface area contributed by atoms with Gasteiger partial charge in [-0.25, -0.2) is 0 Å². The average Bonchev–Trinajstić information content (AvgIpc) is 2.92. The fourth-order valence-corrected chi connectivity index (χ4v) is 4.15. The molecule has 23 heavy (non-hydrogen) atoms. The molecular formula is C14H18F5NO2S. The monoisotopic (exact) mass is 359 g/mol. The molecule has 0 radical (unpaired) electrons. The minimum Gasteiger partial charge on any atom is -0.348 e. The van der Waals surface area contributed by atoms with Crippen molar-refractivity contribution in [1.29, 1.82) is 5.26 Å². The van der Waals surface area contributed by atoms with Gasteiger partial charge in [0.05, 0.1) is 24.5 Å². The Hall–Kier alpha value is -0.590. The Morgan fingerprint density at radius 3 is 2.17 bits per heavy atom. The Bertz CT molecular complexity index is 435. The van der Waals surface area contributed by atoms with Crippen molar-refractivity contribution in [2.75, 3.05) is 19.0 Å². The molecule has 0 aromatic heterocycles. The van der Waals surface area contributed by atoms with Crippen LogP contribution < -0.4 is 0 Å². The molecule has 2 fully saturated rings. The van der Waals surface area contributed by atoms with E-state index in [-0.39, 0.29) is 5.92 Å². The number of ether oxygens (including phenoxy) is 2. The number of hydrogen-bond acceptors (Lipinski definition) is 4. The molecule has 1 saturated heterocycles. The van der Waals surface area contributed by atoms with Gasteiger partial charge in [-0.2, -0.15) is 27.2 Å². The SMILES string of the molecule is N#CC(SCCC(F)(F)C(F)(F)F)C1CCC2(CC1)OCCO2. The average molecular weight is 359 g/mol. The van der Waals surface area contributed by atoms with Crippen LogP contribution in [0.1, 0.15) is 32.1 Å². The molecule has 0 amide bonds. The van der Waals surface area contributed by atoms with Gasteiger partial charge in [0.15, 0.2) is 5.79 Å². The van der Waals surface area contributed by atoms with Crippen molar-refractivity contribution in [3.8, 4) is 6.07 Å². The number of nitriles is 1. The van der Waals surface area contributed by atoms with Crippen LogP contribution in [0.25, 0.3) is 0 Å². The molecule has 0 bridgehead atoms. The first kappa shape index (κ1) is 18.7. The molecular weight excluding hydrogens is 341 g/mol. The lowest BCUT2D eigenvalue weighted by atomic mass is 9.83. The largest absolute Gasteiger partial charge is 0.453 e. The standard InChI is InChI=1S/C14H18F5NO2S/c15-13(16,14(17,18)19)5-8-23-11(9-20)10-1-3-12(4-2-10)21-6-7-22-12/h10-11H,1-8H2. The maximum absolute atomic E-state index is 12.9. The lowest BCUT2D eigenvalue weighted by molar-refractivity contribution is -0.282. The van der Waals surface area contributed by atoms with E-state index < -0.39 is 35.3 Å². The molecule has 9 heteroatoms. The van der Waals surface area contributed by atoms with E-state index in [1.807, 2.05) is 6.07 Å². The molecule has 2 rings (SSSR count). The summed E-state index contributed by atoms with van der Waals surface area (Å²) in [4.78, 5) is 0. The fourth-order valence-electron chi connectivity index (χ4n) is 2.90. The highest BCUT2D eigenvalue weighted by atomic mass is 32.2. The summed E-state index contributed by atoms with van der Waals surface area (Å²) in [6.07, 6.45) is -4.32. The summed E-state index contributed by atoms with van der Waals surface area (Å²) in [6.45, 7) is 1.07. The van der Waals surface area contributed by atoms with Crippen LogP contribution in [0.2, 0.25) is 0 Å². The first-order valence-corrected chi connectivity index (χ1v) is 8.48. The van der Waals surface area contributed by atoms with Crippen LogP contribution >= 0.6 is 11.8 Å². The summed E-state index contributed by atoms with van der Waals surface area (Å²) in [5.41, 5.74) is 0. The highest BCUT2D eigenvalue weighted by Gasteiger charge is 2.56. The number of hydrogen-bond donors (Lipinski definition) is 0. The molecule has 0 aromatic carbocycles. The van der Waals surface area contributed by atoms with Crippen LogP contribution in [0.15, 0.2) is 0 Å². The van der Waals surface area contributed by atoms with E-state index in [0.29, 0.717) is 38.9 Å². The highest BCUT2D eigenvalue weighted by molar-refractivity contribution is 8.00. The third-order valence-corrected chi connectivity index (χ3v) is 5.58. The second-order valence-electron chi connectivity index (χ2n) is 5.82. The van der Waals surface area contributed by atoms with E-state index in [1.54, 1.807) is 0 Å². The van der Waals surface area contributed by atoms with Gasteiger partial charge in [0.25, 0.3) is 0 Å². The van der Waals surface area contributed by atoms with Gasteiger partial charge in [0, 0.05) is 25.0 Å². The molecule has 1 heterocycles. The fraction of sp³-hybridized carbons (Fsp3) is 0.929. The van der Waals surface area contributed by atoms with Crippen LogP contribution in [-0.2, 0) is 9.47 Å². The summed E-state index contributed by atoms with van der Waals surface area (Å²) in [7, 11) is 0. The molecule has 1 unspecified atom stereocenters.